The summed E-state index contributed by atoms with van der Waals surface area (Å²) in [5.41, 5.74) is 6.50. The smallest absolute Gasteiger partial charge is 0.137 e. The highest BCUT2D eigenvalue weighted by atomic mass is 79.9. The molecule has 0 saturated heterocycles. The van der Waals surface area contributed by atoms with Crippen LogP contribution in [0.25, 0.3) is 0 Å². The molecule has 0 radical (unpaired) electrons. The van der Waals surface area contributed by atoms with Gasteiger partial charge in [0.15, 0.2) is 0 Å². The summed E-state index contributed by atoms with van der Waals surface area (Å²) in [7, 11) is 0. The first-order valence-electron chi connectivity index (χ1n) is 4.89. The van der Waals surface area contributed by atoms with Gasteiger partial charge in [-0.15, -0.1) is 0 Å². The minimum Gasteiger partial charge on any atom is -0.396 e. The van der Waals surface area contributed by atoms with Crippen molar-refractivity contribution in [2.75, 3.05) is 13.2 Å². The first kappa shape index (κ1) is 11.0. The van der Waals surface area contributed by atoms with Gasteiger partial charge in [-0.25, -0.2) is 4.39 Å². The second-order valence-corrected chi connectivity index (χ2v) is 5.01. The van der Waals surface area contributed by atoms with Crippen LogP contribution < -0.4 is 5.73 Å². The zero-order valence-corrected chi connectivity index (χ0v) is 9.80. The van der Waals surface area contributed by atoms with Gasteiger partial charge in [0.25, 0.3) is 0 Å². The Labute approximate surface area is 96.4 Å². The predicted molar refractivity (Wildman–Crippen MR) is 60.0 cm³/mol. The fraction of sp³-hybridized carbons (Fsp3) is 0.455. The molecular weight excluding hydrogens is 261 g/mol. The number of hydrogen-bond acceptors (Lipinski definition) is 2. The molecule has 0 spiro atoms. The van der Waals surface area contributed by atoms with Gasteiger partial charge in [-0.1, -0.05) is 6.07 Å². The lowest BCUT2D eigenvalue weighted by atomic mass is 10.0. The molecule has 1 saturated carbocycles. The molecule has 0 aliphatic heterocycles. The molecule has 1 aromatic carbocycles. The number of hydrogen-bond donors (Lipinski definition) is 2. The van der Waals surface area contributed by atoms with Crippen molar-refractivity contribution in [2.45, 2.75) is 12.3 Å². The molecule has 1 aliphatic carbocycles. The quantitative estimate of drug-likeness (QED) is 0.885. The van der Waals surface area contributed by atoms with Gasteiger partial charge in [0, 0.05) is 12.0 Å². The molecule has 1 fully saturated rings. The fourth-order valence-electron chi connectivity index (χ4n) is 2.01. The van der Waals surface area contributed by atoms with Crippen LogP contribution in [0, 0.1) is 11.2 Å². The largest absolute Gasteiger partial charge is 0.396 e. The normalized spacial score (nSPS) is 29.2. The topological polar surface area (TPSA) is 46.2 Å². The molecule has 3 N–H and O–H groups in total. The van der Waals surface area contributed by atoms with E-state index in [1.165, 1.54) is 6.07 Å². The van der Waals surface area contributed by atoms with Crippen LogP contribution in [0.2, 0.25) is 0 Å². The third-order valence-electron chi connectivity index (χ3n) is 3.26. The highest BCUT2D eigenvalue weighted by molar-refractivity contribution is 9.10. The lowest BCUT2D eigenvalue weighted by Crippen LogP contribution is -2.21. The van der Waals surface area contributed by atoms with Crippen LogP contribution in [0.1, 0.15) is 17.9 Å². The van der Waals surface area contributed by atoms with Crippen molar-refractivity contribution in [3.63, 3.8) is 0 Å². The van der Waals surface area contributed by atoms with Crippen molar-refractivity contribution >= 4 is 15.9 Å². The maximum absolute atomic E-state index is 13.0. The van der Waals surface area contributed by atoms with Crippen molar-refractivity contribution < 1.29 is 9.50 Å². The monoisotopic (exact) mass is 273 g/mol. The number of aliphatic hydroxyl groups is 1. The summed E-state index contributed by atoms with van der Waals surface area (Å²) in [6.45, 7) is 0.576. The third kappa shape index (κ3) is 1.82. The van der Waals surface area contributed by atoms with Crippen molar-refractivity contribution in [1.82, 2.24) is 0 Å². The van der Waals surface area contributed by atoms with E-state index in [-0.39, 0.29) is 23.8 Å². The SMILES string of the molecule is NCC1(CO)CC1c1ccc(F)c(Br)c1. The lowest BCUT2D eigenvalue weighted by molar-refractivity contribution is 0.211. The molecule has 2 rings (SSSR count). The van der Waals surface area contributed by atoms with Crippen molar-refractivity contribution in [3.8, 4) is 0 Å². The fourth-order valence-corrected chi connectivity index (χ4v) is 2.41. The van der Waals surface area contributed by atoms with Crippen molar-refractivity contribution in [1.29, 1.82) is 0 Å². The van der Waals surface area contributed by atoms with E-state index in [4.69, 9.17) is 5.73 Å². The summed E-state index contributed by atoms with van der Waals surface area (Å²) in [4.78, 5) is 0. The van der Waals surface area contributed by atoms with Gasteiger partial charge in [-0.05, 0) is 46.0 Å². The van der Waals surface area contributed by atoms with Gasteiger partial charge < -0.3 is 10.8 Å². The van der Waals surface area contributed by atoms with Crippen LogP contribution in [0.15, 0.2) is 22.7 Å². The number of rotatable bonds is 3. The first-order chi connectivity index (χ1) is 7.13. The second-order valence-electron chi connectivity index (χ2n) is 4.15. The third-order valence-corrected chi connectivity index (χ3v) is 3.86. The summed E-state index contributed by atoms with van der Waals surface area (Å²) in [6, 6.07) is 4.97. The van der Waals surface area contributed by atoms with Crippen LogP contribution in [0.5, 0.6) is 0 Å². The van der Waals surface area contributed by atoms with Crippen molar-refractivity contribution in [3.05, 3.63) is 34.1 Å². The second kappa shape index (κ2) is 3.85. The molecule has 15 heavy (non-hydrogen) atoms. The molecule has 82 valence electrons. The highest BCUT2D eigenvalue weighted by Crippen LogP contribution is 2.58. The average Bonchev–Trinajstić information content (AvgIpc) is 2.97. The van der Waals surface area contributed by atoms with Crippen LogP contribution in [0.3, 0.4) is 0 Å². The summed E-state index contributed by atoms with van der Waals surface area (Å²) in [5, 5.41) is 9.25. The molecule has 0 bridgehead atoms. The number of benzene rings is 1. The van der Waals surface area contributed by atoms with Crippen LogP contribution >= 0.6 is 15.9 Å². The Bertz CT molecular complexity index is 379. The first-order valence-corrected chi connectivity index (χ1v) is 5.68. The zero-order valence-electron chi connectivity index (χ0n) is 8.21. The summed E-state index contributed by atoms with van der Waals surface area (Å²) >= 11 is 3.15. The molecule has 4 heteroatoms. The summed E-state index contributed by atoms with van der Waals surface area (Å²) in [6.07, 6.45) is 0.887. The summed E-state index contributed by atoms with van der Waals surface area (Å²) in [5.74, 6) is 0.00569. The predicted octanol–water partition coefficient (Wildman–Crippen LogP) is 2.01. The Morgan fingerprint density at radius 2 is 2.33 bits per heavy atom. The Balaban J connectivity index is 2.23. The number of nitrogens with two attached hydrogens (primary N) is 1. The van der Waals surface area contributed by atoms with E-state index in [1.807, 2.05) is 0 Å². The van der Waals surface area contributed by atoms with E-state index in [0.29, 0.717) is 11.0 Å². The van der Waals surface area contributed by atoms with Gasteiger partial charge in [-0.3, -0.25) is 0 Å². The lowest BCUT2D eigenvalue weighted by Gasteiger charge is -2.11. The molecule has 1 aromatic rings. The Morgan fingerprint density at radius 3 is 2.80 bits per heavy atom. The maximum Gasteiger partial charge on any atom is 0.137 e. The number of aliphatic hydroxyl groups excluding tert-OH is 1. The molecule has 2 nitrogen and oxygen atoms in total. The molecule has 0 heterocycles. The van der Waals surface area contributed by atoms with E-state index in [9.17, 15) is 9.50 Å². The van der Waals surface area contributed by atoms with Crippen molar-refractivity contribution in [2.24, 2.45) is 11.1 Å². The molecule has 2 unspecified atom stereocenters. The van der Waals surface area contributed by atoms with Gasteiger partial charge in [0.05, 0.1) is 11.1 Å². The standard InChI is InChI=1S/C11H13BrFNO/c12-9-3-7(1-2-10(9)13)8-4-11(8,5-14)6-15/h1-3,8,15H,4-6,14H2. The molecule has 2 atom stereocenters. The van der Waals surface area contributed by atoms with Gasteiger partial charge in [0.1, 0.15) is 5.82 Å². The zero-order chi connectivity index (χ0) is 11.1. The van der Waals surface area contributed by atoms with E-state index in [0.717, 1.165) is 12.0 Å². The molecule has 1 aliphatic rings. The van der Waals surface area contributed by atoms with Gasteiger partial charge >= 0.3 is 0 Å². The molecular formula is C11H13BrFNO. The van der Waals surface area contributed by atoms with Gasteiger partial charge in [0.2, 0.25) is 0 Å². The minimum atomic E-state index is -0.262. The van der Waals surface area contributed by atoms with E-state index in [1.54, 1.807) is 12.1 Å². The van der Waals surface area contributed by atoms with Crippen LogP contribution in [-0.4, -0.2) is 18.3 Å². The van der Waals surface area contributed by atoms with E-state index >= 15 is 0 Å². The van der Waals surface area contributed by atoms with E-state index in [2.05, 4.69) is 15.9 Å². The molecule has 0 aromatic heterocycles. The van der Waals surface area contributed by atoms with Crippen LogP contribution in [-0.2, 0) is 0 Å². The maximum atomic E-state index is 13.0. The Kier molecular flexibility index (Phi) is 2.83. The molecule has 0 amide bonds. The number of halogens is 2. The van der Waals surface area contributed by atoms with Gasteiger partial charge in [-0.2, -0.15) is 0 Å². The summed E-state index contributed by atoms with van der Waals surface area (Å²) < 4.78 is 13.5. The Hall–Kier alpha value is -0.450. The minimum absolute atomic E-state index is 0.100. The highest BCUT2D eigenvalue weighted by Gasteiger charge is 2.53. The van der Waals surface area contributed by atoms with E-state index < -0.39 is 0 Å². The average molecular weight is 274 g/mol. The Morgan fingerprint density at radius 1 is 1.60 bits per heavy atom. The van der Waals surface area contributed by atoms with Crippen LogP contribution in [0.4, 0.5) is 4.39 Å².